The van der Waals surface area contributed by atoms with E-state index in [4.69, 9.17) is 5.73 Å². The summed E-state index contributed by atoms with van der Waals surface area (Å²) in [6.45, 7) is 2.95. The Kier molecular flexibility index (Phi) is 5.31. The van der Waals surface area contributed by atoms with Crippen molar-refractivity contribution in [3.05, 3.63) is 77.5 Å². The summed E-state index contributed by atoms with van der Waals surface area (Å²) >= 11 is 0. The van der Waals surface area contributed by atoms with Gasteiger partial charge in [0.05, 0.1) is 11.1 Å². The fourth-order valence-electron chi connectivity index (χ4n) is 3.43. The lowest BCUT2D eigenvalue weighted by molar-refractivity contribution is 0.424. The molecule has 146 valence electrons. The van der Waals surface area contributed by atoms with Gasteiger partial charge in [0, 0.05) is 24.2 Å². The number of aryl methyl sites for hydroxylation is 1. The monoisotopic (exact) mass is 387 g/mol. The largest absolute Gasteiger partial charge is 0.508 e. The molecule has 0 saturated heterocycles. The number of hydrogen-bond donors (Lipinski definition) is 4. The molecule has 0 amide bonds. The number of nitrogens with zero attached hydrogens (tertiary/aromatic N) is 3. The second-order valence-corrected chi connectivity index (χ2v) is 6.87. The van der Waals surface area contributed by atoms with E-state index in [2.05, 4.69) is 15.3 Å². The first-order valence-electron chi connectivity index (χ1n) is 9.40. The van der Waals surface area contributed by atoms with Gasteiger partial charge in [-0.05, 0) is 36.2 Å². The SMILES string of the molecule is Cc1cc2c(CN)cccc2n1-c1nc(NCc2ccccc2)cc(B(O)O)n1. The van der Waals surface area contributed by atoms with Gasteiger partial charge < -0.3 is 21.1 Å². The van der Waals surface area contributed by atoms with Crippen LogP contribution in [0.25, 0.3) is 16.9 Å². The molecule has 7 nitrogen and oxygen atoms in total. The topological polar surface area (TPSA) is 109 Å². The van der Waals surface area contributed by atoms with Crippen LogP contribution in [0.2, 0.25) is 0 Å². The van der Waals surface area contributed by atoms with E-state index in [1.54, 1.807) is 6.07 Å². The summed E-state index contributed by atoms with van der Waals surface area (Å²) in [5, 5.41) is 23.7. The Morgan fingerprint density at radius 1 is 1.03 bits per heavy atom. The normalized spacial score (nSPS) is 11.0. The highest BCUT2D eigenvalue weighted by Gasteiger charge is 2.19. The average Bonchev–Trinajstić information content (AvgIpc) is 3.08. The van der Waals surface area contributed by atoms with Gasteiger partial charge in [0.25, 0.3) is 0 Å². The molecule has 4 aromatic rings. The van der Waals surface area contributed by atoms with E-state index in [1.165, 1.54) is 0 Å². The molecular formula is C21H22BN5O2. The van der Waals surface area contributed by atoms with Crippen LogP contribution >= 0.6 is 0 Å². The zero-order chi connectivity index (χ0) is 20.4. The van der Waals surface area contributed by atoms with Crippen LogP contribution in [0.4, 0.5) is 5.82 Å². The highest BCUT2D eigenvalue weighted by atomic mass is 16.4. The maximum absolute atomic E-state index is 9.73. The van der Waals surface area contributed by atoms with Crippen LogP contribution in [0.15, 0.2) is 60.7 Å². The Balaban J connectivity index is 1.78. The number of nitrogens with one attached hydrogen (secondary N) is 1. The third-order valence-electron chi connectivity index (χ3n) is 4.86. The van der Waals surface area contributed by atoms with Crippen LogP contribution in [0, 0.1) is 6.92 Å². The van der Waals surface area contributed by atoms with Gasteiger partial charge in [0.15, 0.2) is 0 Å². The third-order valence-corrected chi connectivity index (χ3v) is 4.86. The van der Waals surface area contributed by atoms with Gasteiger partial charge in [-0.1, -0.05) is 42.5 Å². The summed E-state index contributed by atoms with van der Waals surface area (Å²) in [5.74, 6) is 0.881. The zero-order valence-corrected chi connectivity index (χ0v) is 16.1. The number of fused-ring (bicyclic) bond motifs is 1. The van der Waals surface area contributed by atoms with E-state index >= 15 is 0 Å². The molecule has 29 heavy (non-hydrogen) atoms. The molecule has 2 aromatic heterocycles. The smallest absolute Gasteiger partial charge is 0.422 e. The van der Waals surface area contributed by atoms with Crippen LogP contribution in [-0.4, -0.2) is 31.7 Å². The molecule has 0 unspecified atom stereocenters. The van der Waals surface area contributed by atoms with Crippen LogP contribution < -0.4 is 16.6 Å². The van der Waals surface area contributed by atoms with Gasteiger partial charge in [-0.2, -0.15) is 4.98 Å². The average molecular weight is 387 g/mol. The van der Waals surface area contributed by atoms with Crippen molar-refractivity contribution >= 4 is 29.4 Å². The molecule has 0 bridgehead atoms. The van der Waals surface area contributed by atoms with Gasteiger partial charge in [-0.15, -0.1) is 0 Å². The van der Waals surface area contributed by atoms with Crippen molar-refractivity contribution in [2.24, 2.45) is 5.73 Å². The van der Waals surface area contributed by atoms with Gasteiger partial charge in [0.1, 0.15) is 5.82 Å². The van der Waals surface area contributed by atoms with E-state index in [9.17, 15) is 10.0 Å². The quantitative estimate of drug-likeness (QED) is 0.373. The van der Waals surface area contributed by atoms with E-state index in [1.807, 2.05) is 66.1 Å². The molecular weight excluding hydrogens is 365 g/mol. The standard InChI is InChI=1S/C21H22BN5O2/c1-14-10-17-16(12-23)8-5-9-18(17)27(14)21-25-19(22(28)29)11-20(26-21)24-13-15-6-3-2-4-7-15/h2-11,28-29H,12-13,23H2,1H3,(H,24,25,26). The van der Waals surface area contributed by atoms with Crippen LogP contribution in [-0.2, 0) is 13.1 Å². The number of nitrogens with two attached hydrogens (primary N) is 1. The second kappa shape index (κ2) is 8.04. The van der Waals surface area contributed by atoms with Crippen molar-refractivity contribution in [3.8, 4) is 5.95 Å². The molecule has 4 rings (SSSR count). The maximum Gasteiger partial charge on any atom is 0.508 e. The lowest BCUT2D eigenvalue weighted by atomic mass is 9.86. The Morgan fingerprint density at radius 3 is 2.55 bits per heavy atom. The Hall–Kier alpha value is -3.20. The van der Waals surface area contributed by atoms with Crippen molar-refractivity contribution < 1.29 is 10.0 Å². The molecule has 2 aromatic carbocycles. The Labute approximate surface area is 169 Å². The van der Waals surface area contributed by atoms with Crippen LogP contribution in [0.5, 0.6) is 0 Å². The van der Waals surface area contributed by atoms with Crippen molar-refractivity contribution in [2.75, 3.05) is 5.32 Å². The Bertz CT molecular complexity index is 1140. The minimum atomic E-state index is -1.70. The Morgan fingerprint density at radius 2 is 1.83 bits per heavy atom. The summed E-state index contributed by atoms with van der Waals surface area (Å²) in [4.78, 5) is 9.00. The molecule has 0 atom stereocenters. The van der Waals surface area contributed by atoms with E-state index in [0.717, 1.165) is 27.7 Å². The van der Waals surface area contributed by atoms with Crippen molar-refractivity contribution in [1.82, 2.24) is 14.5 Å². The number of hydrogen-bond acceptors (Lipinski definition) is 6. The van der Waals surface area contributed by atoms with Gasteiger partial charge >= 0.3 is 7.12 Å². The van der Waals surface area contributed by atoms with E-state index in [-0.39, 0.29) is 5.59 Å². The minimum absolute atomic E-state index is 0.127. The number of anilines is 1. The van der Waals surface area contributed by atoms with Crippen molar-refractivity contribution in [3.63, 3.8) is 0 Å². The highest BCUT2D eigenvalue weighted by molar-refractivity contribution is 6.57. The van der Waals surface area contributed by atoms with Crippen molar-refractivity contribution in [2.45, 2.75) is 20.0 Å². The van der Waals surface area contributed by atoms with Crippen LogP contribution in [0.3, 0.4) is 0 Å². The molecule has 5 N–H and O–H groups in total. The number of aromatic nitrogens is 3. The fourth-order valence-corrected chi connectivity index (χ4v) is 3.43. The molecule has 0 fully saturated rings. The first kappa shape index (κ1) is 19.1. The number of rotatable bonds is 6. The first-order valence-corrected chi connectivity index (χ1v) is 9.40. The molecule has 0 aliphatic rings. The predicted molar refractivity (Wildman–Crippen MR) is 115 cm³/mol. The molecule has 0 aliphatic heterocycles. The molecule has 0 spiro atoms. The molecule has 8 heteroatoms. The molecule has 2 heterocycles. The molecule has 0 saturated carbocycles. The third kappa shape index (κ3) is 3.86. The maximum atomic E-state index is 9.73. The van der Waals surface area contributed by atoms with Gasteiger partial charge in [0.2, 0.25) is 5.95 Å². The predicted octanol–water partition coefficient (Wildman–Crippen LogP) is 1.48. The van der Waals surface area contributed by atoms with E-state index < -0.39 is 7.12 Å². The summed E-state index contributed by atoms with van der Waals surface area (Å²) in [6, 6.07) is 19.4. The minimum Gasteiger partial charge on any atom is -0.422 e. The van der Waals surface area contributed by atoms with Crippen molar-refractivity contribution in [1.29, 1.82) is 0 Å². The van der Waals surface area contributed by atoms with Crippen LogP contribution in [0.1, 0.15) is 16.8 Å². The summed E-state index contributed by atoms with van der Waals surface area (Å²) < 4.78 is 1.90. The summed E-state index contributed by atoms with van der Waals surface area (Å²) in [7, 11) is -1.70. The zero-order valence-electron chi connectivity index (χ0n) is 16.1. The lowest BCUT2D eigenvalue weighted by Gasteiger charge is -2.12. The highest BCUT2D eigenvalue weighted by Crippen LogP contribution is 2.25. The fraction of sp³-hybridized carbons (Fsp3) is 0.143. The van der Waals surface area contributed by atoms with E-state index in [0.29, 0.717) is 24.9 Å². The lowest BCUT2D eigenvalue weighted by Crippen LogP contribution is -2.34. The summed E-state index contributed by atoms with van der Waals surface area (Å²) in [6.07, 6.45) is 0. The first-order chi connectivity index (χ1) is 14.1. The molecule has 0 aliphatic carbocycles. The number of benzene rings is 2. The molecule has 0 radical (unpaired) electrons. The van der Waals surface area contributed by atoms with Gasteiger partial charge in [-0.3, -0.25) is 4.57 Å². The van der Waals surface area contributed by atoms with Gasteiger partial charge in [-0.25, -0.2) is 4.98 Å². The second-order valence-electron chi connectivity index (χ2n) is 6.87. The summed E-state index contributed by atoms with van der Waals surface area (Å²) in [5.41, 5.74) is 9.98.